The SMILES string of the molecule is CC(C)COc1ccc(/C=N\NC(=O)c2ccc(C[NH+]3CCOCC3)cc2)cc1. The molecule has 0 aromatic heterocycles. The van der Waals surface area contributed by atoms with E-state index in [9.17, 15) is 4.79 Å². The summed E-state index contributed by atoms with van der Waals surface area (Å²) in [5.74, 6) is 1.10. The average molecular weight is 397 g/mol. The van der Waals surface area contributed by atoms with E-state index >= 15 is 0 Å². The lowest BCUT2D eigenvalue weighted by atomic mass is 10.1. The molecule has 1 amide bonds. The highest BCUT2D eigenvalue weighted by molar-refractivity contribution is 5.94. The summed E-state index contributed by atoms with van der Waals surface area (Å²) >= 11 is 0. The minimum absolute atomic E-state index is 0.219. The Balaban J connectivity index is 1.47. The van der Waals surface area contributed by atoms with E-state index in [-0.39, 0.29) is 5.91 Å². The first-order chi connectivity index (χ1) is 14.1. The van der Waals surface area contributed by atoms with Crippen molar-refractivity contribution in [1.29, 1.82) is 0 Å². The number of quaternary nitrogens is 1. The van der Waals surface area contributed by atoms with Gasteiger partial charge in [-0.15, -0.1) is 0 Å². The van der Waals surface area contributed by atoms with Crippen LogP contribution < -0.4 is 15.1 Å². The Bertz CT molecular complexity index is 795. The first-order valence-electron chi connectivity index (χ1n) is 10.2. The number of benzene rings is 2. The van der Waals surface area contributed by atoms with Gasteiger partial charge in [0.15, 0.2) is 0 Å². The van der Waals surface area contributed by atoms with Crippen LogP contribution in [0.5, 0.6) is 5.75 Å². The summed E-state index contributed by atoms with van der Waals surface area (Å²) in [6, 6.07) is 15.3. The Hall–Kier alpha value is -2.70. The minimum atomic E-state index is -0.219. The number of nitrogens with zero attached hydrogens (tertiary/aromatic N) is 1. The normalized spacial score (nSPS) is 15.0. The summed E-state index contributed by atoms with van der Waals surface area (Å²) in [7, 11) is 0. The monoisotopic (exact) mass is 396 g/mol. The van der Waals surface area contributed by atoms with E-state index in [4.69, 9.17) is 9.47 Å². The average Bonchev–Trinajstić information content (AvgIpc) is 2.74. The summed E-state index contributed by atoms with van der Waals surface area (Å²) in [5, 5.41) is 4.05. The van der Waals surface area contributed by atoms with Gasteiger partial charge in [-0.05, 0) is 47.9 Å². The van der Waals surface area contributed by atoms with Crippen LogP contribution in [0.3, 0.4) is 0 Å². The Morgan fingerprint density at radius 2 is 1.83 bits per heavy atom. The van der Waals surface area contributed by atoms with Gasteiger partial charge in [-0.25, -0.2) is 5.43 Å². The van der Waals surface area contributed by atoms with Crippen LogP contribution in [-0.2, 0) is 11.3 Å². The highest BCUT2D eigenvalue weighted by atomic mass is 16.5. The highest BCUT2D eigenvalue weighted by Gasteiger charge is 2.14. The highest BCUT2D eigenvalue weighted by Crippen LogP contribution is 2.12. The molecule has 0 atom stereocenters. The lowest BCUT2D eigenvalue weighted by molar-refractivity contribution is -0.921. The van der Waals surface area contributed by atoms with Crippen LogP contribution in [0, 0.1) is 5.92 Å². The molecule has 2 aromatic rings. The van der Waals surface area contributed by atoms with Gasteiger partial charge in [-0.3, -0.25) is 4.79 Å². The molecule has 3 rings (SSSR count). The number of ether oxygens (including phenoxy) is 2. The molecule has 1 fully saturated rings. The standard InChI is InChI=1S/C23H29N3O3/c1-18(2)17-29-22-9-5-19(6-10-22)15-24-25-23(27)21-7-3-20(4-8-21)16-26-11-13-28-14-12-26/h3-10,15,18H,11-14,16-17H2,1-2H3,(H,25,27)/p+1/b24-15-. The maximum absolute atomic E-state index is 12.3. The van der Waals surface area contributed by atoms with Gasteiger partial charge in [0.1, 0.15) is 25.4 Å². The van der Waals surface area contributed by atoms with Crippen molar-refractivity contribution in [2.24, 2.45) is 11.0 Å². The smallest absolute Gasteiger partial charge is 0.271 e. The molecular formula is C23H30N3O3+. The van der Waals surface area contributed by atoms with Crippen molar-refractivity contribution in [1.82, 2.24) is 5.43 Å². The van der Waals surface area contributed by atoms with Gasteiger partial charge in [0, 0.05) is 11.1 Å². The molecule has 0 radical (unpaired) electrons. The molecule has 0 aliphatic carbocycles. The van der Waals surface area contributed by atoms with E-state index in [0.717, 1.165) is 44.2 Å². The number of amides is 1. The molecule has 1 aliphatic rings. The molecular weight excluding hydrogens is 366 g/mol. The largest absolute Gasteiger partial charge is 0.493 e. The number of hydrogen-bond donors (Lipinski definition) is 2. The number of hydrazone groups is 1. The molecule has 29 heavy (non-hydrogen) atoms. The van der Waals surface area contributed by atoms with Crippen molar-refractivity contribution in [3.05, 3.63) is 65.2 Å². The molecule has 6 heteroatoms. The number of morpholine rings is 1. The summed E-state index contributed by atoms with van der Waals surface area (Å²) in [6.45, 7) is 9.58. The van der Waals surface area contributed by atoms with Gasteiger partial charge in [0.2, 0.25) is 0 Å². The van der Waals surface area contributed by atoms with Gasteiger partial charge >= 0.3 is 0 Å². The molecule has 1 saturated heterocycles. The fourth-order valence-corrected chi connectivity index (χ4v) is 3.04. The molecule has 1 heterocycles. The van der Waals surface area contributed by atoms with Crippen molar-refractivity contribution in [3.8, 4) is 5.75 Å². The van der Waals surface area contributed by atoms with Crippen molar-refractivity contribution in [2.75, 3.05) is 32.9 Å². The van der Waals surface area contributed by atoms with Crippen molar-refractivity contribution >= 4 is 12.1 Å². The molecule has 6 nitrogen and oxygen atoms in total. The zero-order valence-electron chi connectivity index (χ0n) is 17.2. The van der Waals surface area contributed by atoms with E-state index in [1.807, 2.05) is 48.5 Å². The second-order valence-electron chi connectivity index (χ2n) is 7.71. The maximum Gasteiger partial charge on any atom is 0.271 e. The predicted octanol–water partition coefficient (Wildman–Crippen LogP) is 1.90. The zero-order chi connectivity index (χ0) is 20.5. The van der Waals surface area contributed by atoms with Crippen molar-refractivity contribution in [2.45, 2.75) is 20.4 Å². The van der Waals surface area contributed by atoms with Gasteiger partial charge in [-0.1, -0.05) is 26.0 Å². The molecule has 0 saturated carbocycles. The third-order valence-corrected chi connectivity index (χ3v) is 4.71. The summed E-state index contributed by atoms with van der Waals surface area (Å²) in [4.78, 5) is 13.8. The Kier molecular flexibility index (Phi) is 7.78. The Morgan fingerprint density at radius 3 is 2.48 bits per heavy atom. The first-order valence-corrected chi connectivity index (χ1v) is 10.2. The van der Waals surface area contributed by atoms with Crippen LogP contribution in [0.15, 0.2) is 53.6 Å². The lowest BCUT2D eigenvalue weighted by Crippen LogP contribution is -3.12. The fraction of sp³-hybridized carbons (Fsp3) is 0.391. The first kappa shape index (κ1) is 21.0. The van der Waals surface area contributed by atoms with Crippen LogP contribution in [0.2, 0.25) is 0 Å². The zero-order valence-corrected chi connectivity index (χ0v) is 17.2. The van der Waals surface area contributed by atoms with Crippen LogP contribution in [-0.4, -0.2) is 45.0 Å². The topological polar surface area (TPSA) is 64.4 Å². The molecule has 2 aromatic carbocycles. The number of carbonyl (C=O) groups excluding carboxylic acids is 1. The van der Waals surface area contributed by atoms with Crippen molar-refractivity contribution < 1.29 is 19.2 Å². The quantitative estimate of drug-likeness (QED) is 0.529. The molecule has 0 bridgehead atoms. The van der Waals surface area contributed by atoms with E-state index in [0.29, 0.717) is 18.1 Å². The fourth-order valence-electron chi connectivity index (χ4n) is 3.04. The summed E-state index contributed by atoms with van der Waals surface area (Å²) in [6.07, 6.45) is 1.63. The minimum Gasteiger partial charge on any atom is -0.493 e. The second-order valence-corrected chi connectivity index (χ2v) is 7.71. The molecule has 0 unspecified atom stereocenters. The van der Waals surface area contributed by atoms with Gasteiger partial charge in [-0.2, -0.15) is 5.10 Å². The van der Waals surface area contributed by atoms with E-state index < -0.39 is 0 Å². The van der Waals surface area contributed by atoms with E-state index in [1.54, 1.807) is 6.21 Å². The summed E-state index contributed by atoms with van der Waals surface area (Å²) in [5.41, 5.74) is 5.30. The summed E-state index contributed by atoms with van der Waals surface area (Å²) < 4.78 is 11.0. The lowest BCUT2D eigenvalue weighted by Gasteiger charge is -2.23. The second kappa shape index (κ2) is 10.7. The third-order valence-electron chi connectivity index (χ3n) is 4.71. The van der Waals surface area contributed by atoms with Gasteiger partial charge in [0.05, 0.1) is 26.0 Å². The molecule has 2 N–H and O–H groups in total. The molecule has 154 valence electrons. The number of carbonyl (C=O) groups is 1. The van der Waals surface area contributed by atoms with Crippen LogP contribution in [0.1, 0.15) is 35.3 Å². The van der Waals surface area contributed by atoms with E-state index in [2.05, 4.69) is 24.4 Å². The molecule has 0 spiro atoms. The van der Waals surface area contributed by atoms with Crippen LogP contribution in [0.4, 0.5) is 0 Å². The van der Waals surface area contributed by atoms with Gasteiger partial charge < -0.3 is 14.4 Å². The Morgan fingerprint density at radius 1 is 1.14 bits per heavy atom. The van der Waals surface area contributed by atoms with E-state index in [1.165, 1.54) is 10.5 Å². The van der Waals surface area contributed by atoms with Crippen LogP contribution in [0.25, 0.3) is 0 Å². The number of hydrogen-bond acceptors (Lipinski definition) is 4. The van der Waals surface area contributed by atoms with Gasteiger partial charge in [0.25, 0.3) is 5.91 Å². The third kappa shape index (κ3) is 7.00. The number of nitrogens with one attached hydrogen (secondary N) is 2. The van der Waals surface area contributed by atoms with Crippen LogP contribution >= 0.6 is 0 Å². The number of rotatable bonds is 8. The predicted molar refractivity (Wildman–Crippen MR) is 113 cm³/mol. The molecule has 1 aliphatic heterocycles. The Labute approximate surface area is 172 Å². The van der Waals surface area contributed by atoms with Crippen molar-refractivity contribution in [3.63, 3.8) is 0 Å². The maximum atomic E-state index is 12.3.